The van der Waals surface area contributed by atoms with Gasteiger partial charge in [0.05, 0.1) is 11.2 Å². The molecule has 0 aliphatic heterocycles. The SMILES string of the molecule is CN(C)S(=O)(=O)c1ccc(NC(=O)c2csc(-c3ccco3)n2)cc1. The number of amides is 1. The lowest BCUT2D eigenvalue weighted by atomic mass is 10.3. The van der Waals surface area contributed by atoms with Crippen LogP contribution in [-0.4, -0.2) is 37.7 Å². The molecule has 0 radical (unpaired) electrons. The Balaban J connectivity index is 1.73. The first-order valence-corrected chi connectivity index (χ1v) is 9.53. The third-order valence-electron chi connectivity index (χ3n) is 3.36. The predicted octanol–water partition coefficient (Wildman–Crippen LogP) is 2.91. The summed E-state index contributed by atoms with van der Waals surface area (Å²) in [5, 5.41) is 4.94. The summed E-state index contributed by atoms with van der Waals surface area (Å²) < 4.78 is 30.4. The summed E-state index contributed by atoms with van der Waals surface area (Å²) in [7, 11) is -0.572. The maximum Gasteiger partial charge on any atom is 0.275 e. The third kappa shape index (κ3) is 3.63. The maximum absolute atomic E-state index is 12.3. The number of sulfonamides is 1. The van der Waals surface area contributed by atoms with Crippen LogP contribution < -0.4 is 5.32 Å². The van der Waals surface area contributed by atoms with Crippen molar-refractivity contribution in [2.45, 2.75) is 4.90 Å². The van der Waals surface area contributed by atoms with Gasteiger partial charge in [0, 0.05) is 25.2 Å². The largest absolute Gasteiger partial charge is 0.462 e. The number of thiazole rings is 1. The van der Waals surface area contributed by atoms with E-state index in [1.807, 2.05) is 0 Å². The number of carbonyl (C=O) groups is 1. The second-order valence-corrected chi connectivity index (χ2v) is 8.29. The minimum atomic E-state index is -3.50. The van der Waals surface area contributed by atoms with E-state index < -0.39 is 10.0 Å². The number of hydrogen-bond acceptors (Lipinski definition) is 6. The van der Waals surface area contributed by atoms with E-state index in [4.69, 9.17) is 4.42 Å². The first-order valence-electron chi connectivity index (χ1n) is 7.21. The molecule has 0 unspecified atom stereocenters. The molecule has 3 rings (SSSR count). The number of benzene rings is 1. The van der Waals surface area contributed by atoms with Gasteiger partial charge in [-0.15, -0.1) is 11.3 Å². The van der Waals surface area contributed by atoms with Gasteiger partial charge >= 0.3 is 0 Å². The predicted molar refractivity (Wildman–Crippen MR) is 95.1 cm³/mol. The van der Waals surface area contributed by atoms with E-state index in [-0.39, 0.29) is 16.5 Å². The Morgan fingerprint density at radius 1 is 1.20 bits per heavy atom. The number of rotatable bonds is 5. The van der Waals surface area contributed by atoms with Crippen molar-refractivity contribution in [2.24, 2.45) is 0 Å². The van der Waals surface area contributed by atoms with E-state index in [0.717, 1.165) is 4.31 Å². The summed E-state index contributed by atoms with van der Waals surface area (Å²) in [6.07, 6.45) is 1.54. The van der Waals surface area contributed by atoms with E-state index in [1.54, 1.807) is 23.8 Å². The molecule has 0 saturated carbocycles. The summed E-state index contributed by atoms with van der Waals surface area (Å²) >= 11 is 1.30. The van der Waals surface area contributed by atoms with E-state index in [9.17, 15) is 13.2 Å². The van der Waals surface area contributed by atoms with E-state index >= 15 is 0 Å². The molecule has 0 fully saturated rings. The quantitative estimate of drug-likeness (QED) is 0.738. The van der Waals surface area contributed by atoms with Gasteiger partial charge in [-0.2, -0.15) is 0 Å². The Morgan fingerprint density at radius 2 is 1.92 bits per heavy atom. The first kappa shape index (κ1) is 17.3. The van der Waals surface area contributed by atoms with Crippen LogP contribution in [0.1, 0.15) is 10.5 Å². The molecule has 3 aromatic rings. The van der Waals surface area contributed by atoms with Gasteiger partial charge in [-0.3, -0.25) is 4.79 Å². The van der Waals surface area contributed by atoms with Gasteiger partial charge in [0.1, 0.15) is 5.69 Å². The summed E-state index contributed by atoms with van der Waals surface area (Å²) in [4.78, 5) is 16.7. The second kappa shape index (κ2) is 6.79. The Morgan fingerprint density at radius 3 is 2.52 bits per heavy atom. The molecule has 7 nitrogen and oxygen atoms in total. The fourth-order valence-corrected chi connectivity index (χ4v) is 3.68. The highest BCUT2D eigenvalue weighted by Crippen LogP contribution is 2.24. The van der Waals surface area contributed by atoms with Crippen LogP contribution in [0, 0.1) is 0 Å². The Kier molecular flexibility index (Phi) is 4.71. The summed E-state index contributed by atoms with van der Waals surface area (Å²) in [5.74, 6) is 0.222. The molecule has 0 aliphatic carbocycles. The van der Waals surface area contributed by atoms with Gasteiger partial charge in [-0.25, -0.2) is 17.7 Å². The molecule has 0 atom stereocenters. The van der Waals surface area contributed by atoms with Crippen LogP contribution in [0.3, 0.4) is 0 Å². The highest BCUT2D eigenvalue weighted by atomic mass is 32.2. The molecule has 1 amide bonds. The van der Waals surface area contributed by atoms with Crippen molar-refractivity contribution in [1.29, 1.82) is 0 Å². The zero-order chi connectivity index (χ0) is 18.0. The van der Waals surface area contributed by atoms with Crippen molar-refractivity contribution in [3.8, 4) is 10.8 Å². The molecule has 130 valence electrons. The van der Waals surface area contributed by atoms with Gasteiger partial charge in [0.15, 0.2) is 10.8 Å². The van der Waals surface area contributed by atoms with Crippen molar-refractivity contribution < 1.29 is 17.6 Å². The lowest BCUT2D eigenvalue weighted by Crippen LogP contribution is -2.22. The average molecular weight is 377 g/mol. The molecule has 25 heavy (non-hydrogen) atoms. The highest BCUT2D eigenvalue weighted by Gasteiger charge is 2.17. The topological polar surface area (TPSA) is 92.5 Å². The van der Waals surface area contributed by atoms with Crippen LogP contribution in [0.4, 0.5) is 5.69 Å². The lowest BCUT2D eigenvalue weighted by Gasteiger charge is -2.11. The van der Waals surface area contributed by atoms with E-state index in [2.05, 4.69) is 10.3 Å². The van der Waals surface area contributed by atoms with Gasteiger partial charge < -0.3 is 9.73 Å². The van der Waals surface area contributed by atoms with Gasteiger partial charge in [0.25, 0.3) is 5.91 Å². The summed E-state index contributed by atoms with van der Waals surface area (Å²) in [5.41, 5.74) is 0.747. The van der Waals surface area contributed by atoms with Gasteiger partial charge in [-0.05, 0) is 36.4 Å². The third-order valence-corrected chi connectivity index (χ3v) is 6.05. The van der Waals surface area contributed by atoms with Crippen molar-refractivity contribution in [3.63, 3.8) is 0 Å². The zero-order valence-corrected chi connectivity index (χ0v) is 15.1. The van der Waals surface area contributed by atoms with Crippen molar-refractivity contribution in [1.82, 2.24) is 9.29 Å². The number of aromatic nitrogens is 1. The van der Waals surface area contributed by atoms with Crippen LogP contribution in [-0.2, 0) is 10.0 Å². The van der Waals surface area contributed by atoms with Gasteiger partial charge in [0.2, 0.25) is 10.0 Å². The van der Waals surface area contributed by atoms with Crippen LogP contribution in [0.2, 0.25) is 0 Å². The van der Waals surface area contributed by atoms with E-state index in [1.165, 1.54) is 49.7 Å². The van der Waals surface area contributed by atoms with Crippen LogP contribution in [0.25, 0.3) is 10.8 Å². The number of nitrogens with zero attached hydrogens (tertiary/aromatic N) is 2. The van der Waals surface area contributed by atoms with Crippen molar-refractivity contribution >= 4 is 33.0 Å². The Bertz CT molecular complexity index is 975. The normalized spacial score (nSPS) is 11.6. The second-order valence-electron chi connectivity index (χ2n) is 5.28. The highest BCUT2D eigenvalue weighted by molar-refractivity contribution is 7.89. The summed E-state index contributed by atoms with van der Waals surface area (Å²) in [6, 6.07) is 9.48. The number of carbonyl (C=O) groups excluding carboxylic acids is 1. The fourth-order valence-electron chi connectivity index (χ4n) is 2.01. The monoisotopic (exact) mass is 377 g/mol. The molecule has 0 aliphatic rings. The van der Waals surface area contributed by atoms with Crippen LogP contribution in [0.15, 0.2) is 57.4 Å². The number of nitrogens with one attached hydrogen (secondary N) is 1. The first-order chi connectivity index (χ1) is 11.9. The maximum atomic E-state index is 12.3. The molecule has 1 aromatic carbocycles. The Labute approximate surface area is 149 Å². The number of furan rings is 1. The summed E-state index contributed by atoms with van der Waals surface area (Å²) in [6.45, 7) is 0. The zero-order valence-electron chi connectivity index (χ0n) is 13.5. The van der Waals surface area contributed by atoms with Crippen molar-refractivity contribution in [2.75, 3.05) is 19.4 Å². The minimum Gasteiger partial charge on any atom is -0.462 e. The molecular weight excluding hydrogens is 362 g/mol. The Hall–Kier alpha value is -2.49. The molecule has 0 saturated heterocycles. The fraction of sp³-hybridized carbons (Fsp3) is 0.125. The standard InChI is InChI=1S/C16H15N3O4S2/c1-19(2)25(21,22)12-7-5-11(6-8-12)17-15(20)13-10-24-16(18-13)14-4-3-9-23-14/h3-10H,1-2H3,(H,17,20). The van der Waals surface area contributed by atoms with E-state index in [0.29, 0.717) is 16.5 Å². The molecular formula is C16H15N3O4S2. The minimum absolute atomic E-state index is 0.157. The lowest BCUT2D eigenvalue weighted by molar-refractivity contribution is 0.102. The van der Waals surface area contributed by atoms with Crippen LogP contribution >= 0.6 is 11.3 Å². The van der Waals surface area contributed by atoms with Crippen molar-refractivity contribution in [3.05, 3.63) is 53.7 Å². The molecule has 2 heterocycles. The number of anilines is 1. The molecule has 1 N–H and O–H groups in total. The molecule has 9 heteroatoms. The molecule has 0 bridgehead atoms. The van der Waals surface area contributed by atoms with Gasteiger partial charge in [-0.1, -0.05) is 0 Å². The smallest absolute Gasteiger partial charge is 0.275 e. The van der Waals surface area contributed by atoms with Crippen LogP contribution in [0.5, 0.6) is 0 Å². The number of hydrogen-bond donors (Lipinski definition) is 1. The molecule has 0 spiro atoms. The average Bonchev–Trinajstić information content (AvgIpc) is 3.26. The molecule has 2 aromatic heterocycles.